The Morgan fingerprint density at radius 3 is 2.50 bits per heavy atom. The topological polar surface area (TPSA) is 74.2 Å². The van der Waals surface area contributed by atoms with Crippen molar-refractivity contribution in [3.63, 3.8) is 0 Å². The fourth-order valence-electron chi connectivity index (χ4n) is 4.60. The number of piperidine rings is 1. The molecule has 2 aromatic heterocycles. The van der Waals surface area contributed by atoms with Gasteiger partial charge in [-0.1, -0.05) is 30.3 Å². The molecule has 2 aliphatic rings. The van der Waals surface area contributed by atoms with Gasteiger partial charge in [-0.15, -0.1) is 0 Å². The zero-order valence-electron chi connectivity index (χ0n) is 18.1. The minimum atomic E-state index is 0.0824. The highest BCUT2D eigenvalue weighted by atomic mass is 16.2. The van der Waals surface area contributed by atoms with E-state index in [2.05, 4.69) is 32.3 Å². The molecule has 0 bridgehead atoms. The van der Waals surface area contributed by atoms with E-state index in [1.807, 2.05) is 47.5 Å². The highest BCUT2D eigenvalue weighted by Gasteiger charge is 2.29. The van der Waals surface area contributed by atoms with Gasteiger partial charge in [0.15, 0.2) is 0 Å². The van der Waals surface area contributed by atoms with Gasteiger partial charge >= 0.3 is 0 Å². The summed E-state index contributed by atoms with van der Waals surface area (Å²) in [4.78, 5) is 30.2. The molecular formula is C25H28N6O. The van der Waals surface area contributed by atoms with Crippen LogP contribution in [-0.4, -0.2) is 64.0 Å². The van der Waals surface area contributed by atoms with Crippen LogP contribution >= 0.6 is 0 Å². The largest absolute Gasteiger partial charge is 0.339 e. The summed E-state index contributed by atoms with van der Waals surface area (Å²) in [5.74, 6) is 0.881. The first-order valence-electron chi connectivity index (χ1n) is 11.3. The first kappa shape index (κ1) is 20.6. The van der Waals surface area contributed by atoms with Crippen molar-refractivity contribution < 1.29 is 4.79 Å². The van der Waals surface area contributed by atoms with Gasteiger partial charge in [0.1, 0.15) is 0 Å². The number of rotatable bonds is 5. The molecule has 32 heavy (non-hydrogen) atoms. The molecule has 2 saturated heterocycles. The minimum absolute atomic E-state index is 0.0824. The number of hydrogen-bond acceptors (Lipinski definition) is 6. The number of pyridine rings is 1. The van der Waals surface area contributed by atoms with Crippen LogP contribution in [0, 0.1) is 0 Å². The Kier molecular flexibility index (Phi) is 6.07. The van der Waals surface area contributed by atoms with Gasteiger partial charge in [0.25, 0.3) is 5.91 Å². The molecule has 2 fully saturated rings. The molecule has 1 aromatic carbocycles. The number of nitrogens with one attached hydrogen (secondary N) is 1. The van der Waals surface area contributed by atoms with Crippen molar-refractivity contribution in [3.8, 4) is 11.3 Å². The predicted octanol–water partition coefficient (Wildman–Crippen LogP) is 3.01. The Balaban J connectivity index is 1.14. The number of nitrogens with zero attached hydrogens (tertiary/aromatic N) is 5. The number of aromatic nitrogens is 3. The zero-order chi connectivity index (χ0) is 21.8. The quantitative estimate of drug-likeness (QED) is 0.673. The standard InChI is InChI=1S/C25H28N6O/c32-24(20-7-4-12-26-17-20)30-14-9-21(10-15-30)28-22-11-16-31(18-22)25-27-13-8-23(29-25)19-5-2-1-3-6-19/h1-8,12-13,17,21-22,28H,9-11,14-16,18H2. The second-order valence-corrected chi connectivity index (χ2v) is 8.51. The Morgan fingerprint density at radius 2 is 1.72 bits per heavy atom. The maximum Gasteiger partial charge on any atom is 0.255 e. The summed E-state index contributed by atoms with van der Waals surface area (Å²) in [5, 5.41) is 3.82. The lowest BCUT2D eigenvalue weighted by atomic mass is 10.0. The van der Waals surface area contributed by atoms with Crippen LogP contribution in [0.15, 0.2) is 67.1 Å². The summed E-state index contributed by atoms with van der Waals surface area (Å²) < 4.78 is 0. The molecular weight excluding hydrogens is 400 g/mol. The van der Waals surface area contributed by atoms with Crippen LogP contribution in [0.3, 0.4) is 0 Å². The molecule has 1 atom stereocenters. The molecule has 0 radical (unpaired) electrons. The molecule has 2 aliphatic heterocycles. The number of carbonyl (C=O) groups excluding carboxylic acids is 1. The number of anilines is 1. The SMILES string of the molecule is O=C(c1cccnc1)N1CCC(NC2CCN(c3nccc(-c4ccccc4)n3)C2)CC1. The number of likely N-dealkylation sites (tertiary alicyclic amines) is 1. The molecule has 0 saturated carbocycles. The van der Waals surface area contributed by atoms with Crippen LogP contribution in [0.1, 0.15) is 29.6 Å². The maximum absolute atomic E-state index is 12.6. The lowest BCUT2D eigenvalue weighted by molar-refractivity contribution is 0.0702. The Bertz CT molecular complexity index is 1040. The fourth-order valence-corrected chi connectivity index (χ4v) is 4.60. The van der Waals surface area contributed by atoms with Gasteiger partial charge in [-0.3, -0.25) is 9.78 Å². The van der Waals surface area contributed by atoms with Crippen LogP contribution in [-0.2, 0) is 0 Å². The van der Waals surface area contributed by atoms with Crippen molar-refractivity contribution in [1.82, 2.24) is 25.2 Å². The summed E-state index contributed by atoms with van der Waals surface area (Å²) in [7, 11) is 0. The number of carbonyl (C=O) groups is 1. The third-order valence-corrected chi connectivity index (χ3v) is 6.35. The third-order valence-electron chi connectivity index (χ3n) is 6.35. The highest BCUT2D eigenvalue weighted by molar-refractivity contribution is 5.93. The molecule has 0 aliphatic carbocycles. The van der Waals surface area contributed by atoms with Gasteiger partial charge in [0.05, 0.1) is 11.3 Å². The molecule has 1 unspecified atom stereocenters. The van der Waals surface area contributed by atoms with Gasteiger partial charge in [-0.25, -0.2) is 9.97 Å². The lowest BCUT2D eigenvalue weighted by Crippen LogP contribution is -2.48. The summed E-state index contributed by atoms with van der Waals surface area (Å²) in [6.45, 7) is 3.43. The molecule has 5 rings (SSSR count). The molecule has 7 heteroatoms. The van der Waals surface area contributed by atoms with Crippen molar-refractivity contribution in [2.45, 2.75) is 31.3 Å². The van der Waals surface area contributed by atoms with E-state index < -0.39 is 0 Å². The first-order chi connectivity index (χ1) is 15.8. The second kappa shape index (κ2) is 9.44. The van der Waals surface area contributed by atoms with Gasteiger partial charge in [-0.2, -0.15) is 0 Å². The van der Waals surface area contributed by atoms with Crippen LogP contribution in [0.4, 0.5) is 5.95 Å². The van der Waals surface area contributed by atoms with E-state index in [9.17, 15) is 4.79 Å². The predicted molar refractivity (Wildman–Crippen MR) is 124 cm³/mol. The highest BCUT2D eigenvalue weighted by Crippen LogP contribution is 2.22. The van der Waals surface area contributed by atoms with Gasteiger partial charge < -0.3 is 15.1 Å². The zero-order valence-corrected chi connectivity index (χ0v) is 18.1. The average Bonchev–Trinajstić information content (AvgIpc) is 3.34. The van der Waals surface area contributed by atoms with Crippen molar-refractivity contribution in [2.75, 3.05) is 31.1 Å². The Labute approximate surface area is 188 Å². The van der Waals surface area contributed by atoms with E-state index in [1.165, 1.54) is 0 Å². The normalized spacial score (nSPS) is 19.3. The maximum atomic E-state index is 12.6. The van der Waals surface area contributed by atoms with Crippen LogP contribution in [0.5, 0.6) is 0 Å². The first-order valence-corrected chi connectivity index (χ1v) is 11.3. The molecule has 4 heterocycles. The number of amides is 1. The average molecular weight is 429 g/mol. The summed E-state index contributed by atoms with van der Waals surface area (Å²) in [6.07, 6.45) is 8.22. The number of hydrogen-bond donors (Lipinski definition) is 1. The van der Waals surface area contributed by atoms with Gasteiger partial charge in [0, 0.05) is 62.4 Å². The molecule has 0 spiro atoms. The van der Waals surface area contributed by atoms with Crippen molar-refractivity contribution in [1.29, 1.82) is 0 Å². The molecule has 164 valence electrons. The van der Waals surface area contributed by atoms with Crippen molar-refractivity contribution >= 4 is 11.9 Å². The minimum Gasteiger partial charge on any atom is -0.339 e. The van der Waals surface area contributed by atoms with Crippen LogP contribution in [0.2, 0.25) is 0 Å². The smallest absolute Gasteiger partial charge is 0.255 e. The monoisotopic (exact) mass is 428 g/mol. The van der Waals surface area contributed by atoms with Crippen molar-refractivity contribution in [3.05, 3.63) is 72.7 Å². The lowest BCUT2D eigenvalue weighted by Gasteiger charge is -2.34. The van der Waals surface area contributed by atoms with Gasteiger partial charge in [-0.05, 0) is 37.5 Å². The summed E-state index contributed by atoms with van der Waals surface area (Å²) in [5.41, 5.74) is 2.73. The van der Waals surface area contributed by atoms with E-state index >= 15 is 0 Å². The third kappa shape index (κ3) is 4.62. The van der Waals surface area contributed by atoms with Gasteiger partial charge in [0.2, 0.25) is 5.95 Å². The summed E-state index contributed by atoms with van der Waals surface area (Å²) in [6, 6.07) is 16.7. The van der Waals surface area contributed by atoms with Crippen LogP contribution < -0.4 is 10.2 Å². The molecule has 1 N–H and O–H groups in total. The van der Waals surface area contributed by atoms with Crippen molar-refractivity contribution in [2.24, 2.45) is 0 Å². The molecule has 3 aromatic rings. The van der Waals surface area contributed by atoms with E-state index in [1.54, 1.807) is 12.4 Å². The Hall–Kier alpha value is -3.32. The van der Waals surface area contributed by atoms with E-state index in [-0.39, 0.29) is 5.91 Å². The summed E-state index contributed by atoms with van der Waals surface area (Å²) >= 11 is 0. The fraction of sp³-hybridized carbons (Fsp3) is 0.360. The molecule has 1 amide bonds. The van der Waals surface area contributed by atoms with E-state index in [0.29, 0.717) is 17.6 Å². The second-order valence-electron chi connectivity index (χ2n) is 8.51. The van der Waals surface area contributed by atoms with Crippen LogP contribution in [0.25, 0.3) is 11.3 Å². The number of benzene rings is 1. The van der Waals surface area contributed by atoms with E-state index in [0.717, 1.165) is 62.6 Å². The Morgan fingerprint density at radius 1 is 0.906 bits per heavy atom. The van der Waals surface area contributed by atoms with E-state index in [4.69, 9.17) is 4.98 Å². The molecule has 7 nitrogen and oxygen atoms in total.